The lowest BCUT2D eigenvalue weighted by Gasteiger charge is -2.31. The number of carbonyl (C=O) groups excluding carboxylic acids is 1. The van der Waals surface area contributed by atoms with Gasteiger partial charge in [-0.15, -0.1) is 0 Å². The molecule has 4 aromatic rings. The van der Waals surface area contributed by atoms with Crippen molar-refractivity contribution in [2.75, 3.05) is 33.5 Å². The number of nitrogens with zero attached hydrogens (tertiary/aromatic N) is 3. The molecule has 0 atom stereocenters. The molecule has 1 fully saturated rings. The predicted molar refractivity (Wildman–Crippen MR) is 158 cm³/mol. The smallest absolute Gasteiger partial charge is 0.332 e. The topological polar surface area (TPSA) is 92.0 Å². The molecule has 13 heteroatoms. The number of ether oxygens (including phenoxy) is 3. The van der Waals surface area contributed by atoms with E-state index in [-0.39, 0.29) is 29.9 Å². The number of amides is 1. The zero-order valence-corrected chi connectivity index (χ0v) is 24.4. The Morgan fingerprint density at radius 1 is 0.911 bits per heavy atom. The van der Waals surface area contributed by atoms with Crippen molar-refractivity contribution >= 4 is 17.3 Å². The fourth-order valence-corrected chi connectivity index (χ4v) is 5.35. The molecule has 1 aromatic heterocycles. The second-order valence-corrected chi connectivity index (χ2v) is 10.7. The van der Waals surface area contributed by atoms with Crippen molar-refractivity contribution in [2.45, 2.75) is 38.1 Å². The quantitative estimate of drug-likeness (QED) is 0.169. The Balaban J connectivity index is 1.54. The molecule has 5 rings (SSSR count). The van der Waals surface area contributed by atoms with Gasteiger partial charge in [0.1, 0.15) is 25.8 Å². The predicted octanol–water partition coefficient (Wildman–Crippen LogP) is 4.56. The second kappa shape index (κ2) is 13.9. The van der Waals surface area contributed by atoms with Gasteiger partial charge in [0, 0.05) is 25.2 Å². The van der Waals surface area contributed by atoms with Crippen LogP contribution in [-0.2, 0) is 17.9 Å². The summed E-state index contributed by atoms with van der Waals surface area (Å²) >= 11 is 0. The maximum atomic E-state index is 15.1. The summed E-state index contributed by atoms with van der Waals surface area (Å²) in [7, 11) is 1.43. The highest BCUT2D eigenvalue weighted by Gasteiger charge is 2.26. The molecule has 0 unspecified atom stereocenters. The normalized spacial score (nSPS) is 13.8. The van der Waals surface area contributed by atoms with Gasteiger partial charge in [-0.2, -0.15) is 0 Å². The van der Waals surface area contributed by atoms with Gasteiger partial charge < -0.3 is 19.1 Å². The first-order valence-electron chi connectivity index (χ1n) is 14.3. The van der Waals surface area contributed by atoms with Gasteiger partial charge in [0.15, 0.2) is 29.2 Å². The molecule has 1 aliphatic rings. The Kier molecular flexibility index (Phi) is 9.74. The number of carbonyl (C=O) groups is 1. The number of benzene rings is 3. The molecule has 9 nitrogen and oxygen atoms in total. The first kappa shape index (κ1) is 31.6. The first-order valence-corrected chi connectivity index (χ1v) is 14.3. The Morgan fingerprint density at radius 3 is 2.24 bits per heavy atom. The van der Waals surface area contributed by atoms with E-state index in [0.717, 1.165) is 22.3 Å². The molecule has 0 bridgehead atoms. The van der Waals surface area contributed by atoms with Gasteiger partial charge in [-0.05, 0) is 54.3 Å². The zero-order chi connectivity index (χ0) is 32.1. The number of hydrogen-bond donors (Lipinski definition) is 0. The molecule has 0 spiro atoms. The number of rotatable bonds is 12. The van der Waals surface area contributed by atoms with E-state index in [9.17, 15) is 27.6 Å². The third-order valence-corrected chi connectivity index (χ3v) is 7.75. The van der Waals surface area contributed by atoms with Gasteiger partial charge in [-0.1, -0.05) is 18.2 Å². The summed E-state index contributed by atoms with van der Waals surface area (Å²) in [5.41, 5.74) is -0.195. The first-order chi connectivity index (χ1) is 21.8. The molecular formula is C32H31F4N3O6. The average molecular weight is 630 g/mol. The van der Waals surface area contributed by atoms with E-state index >= 15 is 4.39 Å². The van der Waals surface area contributed by atoms with Gasteiger partial charge in [0.25, 0.3) is 5.56 Å². The fraction of sp³-hybridized carbons (Fsp3) is 0.344. The molecule has 0 saturated carbocycles. The number of aromatic nitrogens is 2. The van der Waals surface area contributed by atoms with E-state index in [2.05, 4.69) is 0 Å². The fourth-order valence-electron chi connectivity index (χ4n) is 5.35. The van der Waals surface area contributed by atoms with Crippen molar-refractivity contribution in [1.29, 1.82) is 0 Å². The van der Waals surface area contributed by atoms with Crippen molar-refractivity contribution in [2.24, 2.45) is 0 Å². The number of halogens is 4. The molecule has 0 aliphatic carbocycles. The number of likely N-dealkylation sites (tertiary alicyclic amines) is 1. The minimum atomic E-state index is -1.56. The highest BCUT2D eigenvalue weighted by Crippen LogP contribution is 2.31. The van der Waals surface area contributed by atoms with Crippen LogP contribution in [0, 0.1) is 11.6 Å². The summed E-state index contributed by atoms with van der Waals surface area (Å²) in [5, 5.41) is -0.0773. The maximum Gasteiger partial charge on any atom is 0.332 e. The highest BCUT2D eigenvalue weighted by atomic mass is 19.1. The highest BCUT2D eigenvalue weighted by molar-refractivity contribution is 5.80. The Labute approximate surface area is 255 Å². The lowest BCUT2D eigenvalue weighted by Crippen LogP contribution is -2.44. The molecule has 0 radical (unpaired) electrons. The van der Waals surface area contributed by atoms with Gasteiger partial charge >= 0.3 is 5.69 Å². The summed E-state index contributed by atoms with van der Waals surface area (Å²) in [6.07, 6.45) is -0.0840. The number of piperidine rings is 1. The van der Waals surface area contributed by atoms with Crippen molar-refractivity contribution in [1.82, 2.24) is 14.0 Å². The van der Waals surface area contributed by atoms with Crippen molar-refractivity contribution in [3.05, 3.63) is 98.2 Å². The molecule has 0 N–H and O–H groups in total. The van der Waals surface area contributed by atoms with Crippen LogP contribution in [-0.4, -0.2) is 60.1 Å². The molecule has 238 valence electrons. The van der Waals surface area contributed by atoms with Crippen LogP contribution in [0.25, 0.3) is 10.9 Å². The van der Waals surface area contributed by atoms with Crippen LogP contribution in [0.2, 0.25) is 0 Å². The van der Waals surface area contributed by atoms with Gasteiger partial charge in [0.2, 0.25) is 6.41 Å². The van der Waals surface area contributed by atoms with Crippen molar-refractivity contribution in [3.63, 3.8) is 0 Å². The number of methoxy groups -OCH3 is 1. The zero-order valence-electron chi connectivity index (χ0n) is 24.4. The van der Waals surface area contributed by atoms with Crippen molar-refractivity contribution in [3.8, 4) is 17.2 Å². The minimum Gasteiger partial charge on any atom is -0.493 e. The largest absolute Gasteiger partial charge is 0.493 e. The SMILES string of the molecule is COc1cc(Cn2c(=O)c3cc(OC(CF)CF)c(F)cc3n(C3CCN(C=O)CC3)c2=O)ccc1OCc1ccc(F)cc1. The van der Waals surface area contributed by atoms with E-state index in [1.807, 2.05) is 0 Å². The third-order valence-electron chi connectivity index (χ3n) is 7.75. The molecule has 1 saturated heterocycles. The monoisotopic (exact) mass is 629 g/mol. The Hall–Kier alpha value is -4.81. The summed E-state index contributed by atoms with van der Waals surface area (Å²) < 4.78 is 73.5. The number of hydrogen-bond acceptors (Lipinski definition) is 6. The van der Waals surface area contributed by atoms with Crippen LogP contribution < -0.4 is 25.5 Å². The van der Waals surface area contributed by atoms with Crippen LogP contribution in [0.1, 0.15) is 30.0 Å². The van der Waals surface area contributed by atoms with Crippen LogP contribution in [0.4, 0.5) is 17.6 Å². The van der Waals surface area contributed by atoms with Crippen LogP contribution in [0.5, 0.6) is 17.2 Å². The molecule has 1 amide bonds. The van der Waals surface area contributed by atoms with Gasteiger partial charge in [0.05, 0.1) is 24.6 Å². The Bertz CT molecular complexity index is 1780. The van der Waals surface area contributed by atoms with E-state index in [0.29, 0.717) is 49.4 Å². The van der Waals surface area contributed by atoms with E-state index in [1.54, 1.807) is 35.2 Å². The van der Waals surface area contributed by atoms with E-state index in [4.69, 9.17) is 14.2 Å². The van der Waals surface area contributed by atoms with Crippen LogP contribution in [0.3, 0.4) is 0 Å². The standard InChI is InChI=1S/C32H31F4N3O6/c1-43-30-12-21(4-7-28(30)44-18-20-2-5-22(35)6-3-20)17-38-31(41)25-13-29(45-24(15-33)16-34)26(36)14-27(25)39(32(38)42)23-8-10-37(19-40)11-9-23/h2-7,12-14,19,23-24H,8-11,15-18H2,1H3. The summed E-state index contributed by atoms with van der Waals surface area (Å²) in [4.78, 5) is 40.5. The number of alkyl halides is 2. The van der Waals surface area contributed by atoms with Gasteiger partial charge in [-0.3, -0.25) is 18.7 Å². The molecule has 3 aromatic carbocycles. The third kappa shape index (κ3) is 6.81. The maximum absolute atomic E-state index is 15.1. The minimum absolute atomic E-state index is 0.00909. The molecule has 45 heavy (non-hydrogen) atoms. The molecule has 2 heterocycles. The molecule has 1 aliphatic heterocycles. The second-order valence-electron chi connectivity index (χ2n) is 10.7. The van der Waals surface area contributed by atoms with E-state index in [1.165, 1.54) is 23.8 Å². The van der Waals surface area contributed by atoms with E-state index < -0.39 is 48.3 Å². The summed E-state index contributed by atoms with van der Waals surface area (Å²) in [6, 6.07) is 12.3. The Morgan fingerprint density at radius 2 is 1.60 bits per heavy atom. The summed E-state index contributed by atoms with van der Waals surface area (Å²) in [5.74, 6) is -1.16. The summed E-state index contributed by atoms with van der Waals surface area (Å²) in [6.45, 7) is -1.76. The van der Waals surface area contributed by atoms with Crippen LogP contribution in [0.15, 0.2) is 64.2 Å². The average Bonchev–Trinajstić information content (AvgIpc) is 3.06. The van der Waals surface area contributed by atoms with Crippen molar-refractivity contribution < 1.29 is 36.6 Å². The van der Waals surface area contributed by atoms with Gasteiger partial charge in [-0.25, -0.2) is 22.4 Å². The lowest BCUT2D eigenvalue weighted by molar-refractivity contribution is -0.119. The number of fused-ring (bicyclic) bond motifs is 1. The lowest BCUT2D eigenvalue weighted by atomic mass is 10.0. The molecular weight excluding hydrogens is 598 g/mol. The van der Waals surface area contributed by atoms with Crippen LogP contribution >= 0.6 is 0 Å².